The van der Waals surface area contributed by atoms with Crippen LogP contribution in [0.15, 0.2) is 71.3 Å². The molecule has 3 aromatic rings. The topological polar surface area (TPSA) is 114 Å². The molecule has 258 valence electrons. The maximum atomic E-state index is 14.0. The van der Waals surface area contributed by atoms with E-state index in [2.05, 4.69) is 51.4 Å². The molecule has 49 heavy (non-hydrogen) atoms. The predicted molar refractivity (Wildman–Crippen MR) is 199 cm³/mol. The quantitative estimate of drug-likeness (QED) is 0.151. The fourth-order valence-electron chi connectivity index (χ4n) is 7.49. The van der Waals surface area contributed by atoms with Gasteiger partial charge in [-0.05, 0) is 85.9 Å². The summed E-state index contributed by atoms with van der Waals surface area (Å²) < 4.78 is 6.98. The molecule has 0 saturated heterocycles. The lowest BCUT2D eigenvalue weighted by Gasteiger charge is -2.29. The molecule has 9 nitrogen and oxygen atoms in total. The third-order valence-corrected chi connectivity index (χ3v) is 9.86. The van der Waals surface area contributed by atoms with Gasteiger partial charge in [-0.25, -0.2) is 4.79 Å². The minimum atomic E-state index is -1.01. The van der Waals surface area contributed by atoms with E-state index in [4.69, 9.17) is 4.99 Å². The normalized spacial score (nSPS) is 17.4. The first kappa shape index (κ1) is 35.5. The molecule has 9 heteroatoms. The van der Waals surface area contributed by atoms with E-state index in [0.29, 0.717) is 30.0 Å². The van der Waals surface area contributed by atoms with Gasteiger partial charge in [0.1, 0.15) is 11.3 Å². The second-order valence-corrected chi connectivity index (χ2v) is 13.0. The number of methoxy groups -OCH3 is 1. The molecule has 1 aliphatic heterocycles. The Balaban J connectivity index is 1.48. The summed E-state index contributed by atoms with van der Waals surface area (Å²) in [4.78, 5) is 48.7. The van der Waals surface area contributed by atoms with Crippen LogP contribution in [0, 0.1) is 0 Å². The summed E-state index contributed by atoms with van der Waals surface area (Å²) in [7, 11) is 3.16. The first-order valence-corrected chi connectivity index (χ1v) is 17.6. The molecule has 5 rings (SSSR count). The van der Waals surface area contributed by atoms with Crippen molar-refractivity contribution >= 4 is 51.9 Å². The second-order valence-electron chi connectivity index (χ2n) is 13.0. The lowest BCUT2D eigenvalue weighted by molar-refractivity contribution is -0.134. The Hall–Kier alpha value is -4.79. The minimum Gasteiger partial charge on any atom is -0.466 e. The van der Waals surface area contributed by atoms with Crippen molar-refractivity contribution in [3.8, 4) is 0 Å². The highest BCUT2D eigenvalue weighted by Crippen LogP contribution is 2.40. The van der Waals surface area contributed by atoms with E-state index in [-0.39, 0.29) is 11.8 Å². The molecule has 0 radical (unpaired) electrons. The van der Waals surface area contributed by atoms with Gasteiger partial charge in [-0.1, -0.05) is 64.3 Å². The van der Waals surface area contributed by atoms with Gasteiger partial charge in [0.15, 0.2) is 0 Å². The number of aryl methyl sites for hydroxylation is 1. The number of carbonyl (C=O) groups is 3. The zero-order valence-electron chi connectivity index (χ0n) is 29.3. The number of anilines is 1. The van der Waals surface area contributed by atoms with Gasteiger partial charge in [-0.3, -0.25) is 19.6 Å². The van der Waals surface area contributed by atoms with Crippen LogP contribution < -0.4 is 10.6 Å². The summed E-state index contributed by atoms with van der Waals surface area (Å²) in [5.74, 6) is -0.577. The molecule has 0 spiro atoms. The van der Waals surface area contributed by atoms with Crippen molar-refractivity contribution < 1.29 is 19.1 Å². The number of nitrogens with one attached hydrogen (secondary N) is 2. The van der Waals surface area contributed by atoms with Gasteiger partial charge in [0.2, 0.25) is 5.91 Å². The Morgan fingerprint density at radius 3 is 2.39 bits per heavy atom. The molecule has 0 unspecified atom stereocenters. The third-order valence-electron chi connectivity index (χ3n) is 9.86. The Morgan fingerprint density at radius 2 is 1.76 bits per heavy atom. The number of nitrogens with zero attached hydrogens (tertiary/aromatic N) is 3. The van der Waals surface area contributed by atoms with Gasteiger partial charge in [0.05, 0.1) is 18.5 Å². The zero-order chi connectivity index (χ0) is 35.0. The summed E-state index contributed by atoms with van der Waals surface area (Å²) in [5.41, 5.74) is 6.17. The van der Waals surface area contributed by atoms with Crippen LogP contribution >= 0.6 is 0 Å². The maximum Gasteiger partial charge on any atom is 0.330 e. The van der Waals surface area contributed by atoms with Crippen molar-refractivity contribution in [3.63, 3.8) is 0 Å². The van der Waals surface area contributed by atoms with Crippen molar-refractivity contribution in [2.24, 2.45) is 9.98 Å². The standard InChI is InChI=1S/C40H49N5O4/c1-6-12-28(13-7-2)35-31-21-18-29(26-33(31)45-25-11-14-32(41-4)36(37(35)45)42-8-3)38(47)44-40(23-9-10-24-40)39(48)43-30-19-15-27(16-20-30)17-22-34(46)49-5/h8,15-22,26,28H,3,6-7,9-14,23-25H2,1-2,4-5H3,(H,43,48)(H,44,47)/b22-17+,41-32?,42-36?. The number of esters is 1. The van der Waals surface area contributed by atoms with E-state index >= 15 is 0 Å². The molecule has 0 bridgehead atoms. The van der Waals surface area contributed by atoms with Crippen LogP contribution in [0.4, 0.5) is 5.69 Å². The summed E-state index contributed by atoms with van der Waals surface area (Å²) in [6.45, 7) is 9.18. The molecule has 1 saturated carbocycles. The third kappa shape index (κ3) is 7.61. The number of aliphatic imine (C=N–C) groups is 2. The molecule has 2 aromatic carbocycles. The van der Waals surface area contributed by atoms with Crippen molar-refractivity contribution in [3.05, 3.63) is 83.7 Å². The van der Waals surface area contributed by atoms with Gasteiger partial charge >= 0.3 is 5.97 Å². The van der Waals surface area contributed by atoms with Gasteiger partial charge < -0.3 is 19.9 Å². The molecule has 0 atom stereocenters. The summed E-state index contributed by atoms with van der Waals surface area (Å²) >= 11 is 0. The molecular weight excluding hydrogens is 614 g/mol. The van der Waals surface area contributed by atoms with Crippen LogP contribution in [0.2, 0.25) is 0 Å². The van der Waals surface area contributed by atoms with Gasteiger partial charge in [0.25, 0.3) is 5.91 Å². The molecule has 1 aromatic heterocycles. The van der Waals surface area contributed by atoms with Crippen LogP contribution in [-0.2, 0) is 20.9 Å². The number of carbonyl (C=O) groups excluding carboxylic acids is 3. The number of hydrogen-bond acceptors (Lipinski definition) is 6. The van der Waals surface area contributed by atoms with Crippen molar-refractivity contribution in [2.45, 2.75) is 96.1 Å². The fourth-order valence-corrected chi connectivity index (χ4v) is 7.49. The van der Waals surface area contributed by atoms with Crippen molar-refractivity contribution in [1.82, 2.24) is 9.88 Å². The van der Waals surface area contributed by atoms with Crippen LogP contribution in [0.25, 0.3) is 17.0 Å². The lowest BCUT2D eigenvalue weighted by Crippen LogP contribution is -2.55. The number of fused-ring (bicyclic) bond motifs is 3. The largest absolute Gasteiger partial charge is 0.466 e. The number of hydrogen-bond donors (Lipinski definition) is 2. The van der Waals surface area contributed by atoms with Crippen LogP contribution in [0.1, 0.15) is 111 Å². The summed E-state index contributed by atoms with van der Waals surface area (Å²) in [5, 5.41) is 7.34. The first-order chi connectivity index (χ1) is 23.8. The van der Waals surface area contributed by atoms with E-state index in [0.717, 1.165) is 91.5 Å². The van der Waals surface area contributed by atoms with Crippen molar-refractivity contribution in [2.75, 3.05) is 19.5 Å². The molecule has 2 aliphatic rings. The summed E-state index contributed by atoms with van der Waals surface area (Å²) in [6.07, 6.45) is 13.4. The molecular formula is C40H49N5O4. The average molecular weight is 664 g/mol. The van der Waals surface area contributed by atoms with Gasteiger partial charge in [0, 0.05) is 48.0 Å². The SMILES string of the molecule is C=CN=C1C(=NC)CCCn2c1c(C(CCC)CCC)c1ccc(C(=O)NC3(C(=O)Nc4ccc(/C=C/C(=O)OC)cc4)CCCC3)cc12. The number of rotatable bonds is 12. The smallest absolute Gasteiger partial charge is 0.330 e. The molecule has 2 heterocycles. The molecule has 2 amide bonds. The van der Waals surface area contributed by atoms with Gasteiger partial charge in [-0.2, -0.15) is 0 Å². The highest BCUT2D eigenvalue weighted by atomic mass is 16.5. The van der Waals surface area contributed by atoms with Crippen LogP contribution in [-0.4, -0.2) is 53.5 Å². The molecule has 1 fully saturated rings. The number of amides is 2. The molecule has 1 aliphatic carbocycles. The second kappa shape index (κ2) is 16.1. The highest BCUT2D eigenvalue weighted by Gasteiger charge is 2.43. The number of ether oxygens (including phenoxy) is 1. The van der Waals surface area contributed by atoms with E-state index in [9.17, 15) is 14.4 Å². The highest BCUT2D eigenvalue weighted by molar-refractivity contribution is 6.49. The first-order valence-electron chi connectivity index (χ1n) is 17.6. The number of aromatic nitrogens is 1. The fraction of sp³-hybridized carbons (Fsp3) is 0.425. The van der Waals surface area contributed by atoms with E-state index in [1.807, 2.05) is 31.3 Å². The van der Waals surface area contributed by atoms with E-state index < -0.39 is 11.5 Å². The van der Waals surface area contributed by atoms with E-state index in [1.165, 1.54) is 18.7 Å². The Morgan fingerprint density at radius 1 is 1.04 bits per heavy atom. The molecule has 2 N–H and O–H groups in total. The van der Waals surface area contributed by atoms with Crippen LogP contribution in [0.3, 0.4) is 0 Å². The Labute approximate surface area is 289 Å². The number of benzene rings is 2. The van der Waals surface area contributed by atoms with Crippen molar-refractivity contribution in [1.29, 1.82) is 0 Å². The monoisotopic (exact) mass is 663 g/mol. The Kier molecular flexibility index (Phi) is 11.6. The van der Waals surface area contributed by atoms with Crippen LogP contribution in [0.5, 0.6) is 0 Å². The maximum absolute atomic E-state index is 14.0. The summed E-state index contributed by atoms with van der Waals surface area (Å²) in [6, 6.07) is 13.2. The predicted octanol–water partition coefficient (Wildman–Crippen LogP) is 7.99. The zero-order valence-corrected chi connectivity index (χ0v) is 29.3. The minimum absolute atomic E-state index is 0.227. The van der Waals surface area contributed by atoms with Gasteiger partial charge in [-0.15, -0.1) is 0 Å². The van der Waals surface area contributed by atoms with E-state index in [1.54, 1.807) is 24.4 Å². The lowest BCUT2D eigenvalue weighted by atomic mass is 9.86. The average Bonchev–Trinajstić information content (AvgIpc) is 3.66. The Bertz CT molecular complexity index is 1780.